The van der Waals surface area contributed by atoms with Crippen LogP contribution in [0, 0.1) is 0 Å². The molecule has 0 saturated carbocycles. The maximum Gasteiger partial charge on any atom is 0.0646 e. The highest BCUT2D eigenvalue weighted by atomic mass is 32.2. The minimum atomic E-state index is 0.607. The van der Waals surface area contributed by atoms with E-state index in [0.29, 0.717) is 12.1 Å². The zero-order valence-electron chi connectivity index (χ0n) is 11.2. The molecule has 3 heterocycles. The molecule has 1 aromatic heterocycles. The standard InChI is InChI=1S/C16H18N2S2/c1-3-11(18-15-10-12-6-7-14(15)17-12)9-13(4-1)20-16-5-2-8-19-16/h1-5,8-9,12,14-15,17-18H,6-7,10H2/t12-,14+,15-/m1/s1. The van der Waals surface area contributed by atoms with Crippen LogP contribution in [0.15, 0.2) is 50.9 Å². The van der Waals surface area contributed by atoms with Gasteiger partial charge < -0.3 is 10.6 Å². The van der Waals surface area contributed by atoms with Crippen molar-refractivity contribution in [2.45, 2.75) is 46.5 Å². The van der Waals surface area contributed by atoms with Crippen LogP contribution in [0.1, 0.15) is 19.3 Å². The molecule has 0 aliphatic carbocycles. The summed E-state index contributed by atoms with van der Waals surface area (Å²) in [5.41, 5.74) is 1.26. The summed E-state index contributed by atoms with van der Waals surface area (Å²) in [5.74, 6) is 0. The van der Waals surface area contributed by atoms with Gasteiger partial charge in [-0.1, -0.05) is 23.9 Å². The summed E-state index contributed by atoms with van der Waals surface area (Å²) in [6.45, 7) is 0. The number of benzene rings is 1. The molecule has 0 radical (unpaired) electrons. The van der Waals surface area contributed by atoms with E-state index in [1.54, 1.807) is 11.3 Å². The molecule has 0 amide bonds. The van der Waals surface area contributed by atoms with Gasteiger partial charge in [-0.15, -0.1) is 11.3 Å². The zero-order chi connectivity index (χ0) is 13.4. The molecule has 20 heavy (non-hydrogen) atoms. The summed E-state index contributed by atoms with van der Waals surface area (Å²) in [5, 5.41) is 9.53. The first-order valence-electron chi connectivity index (χ1n) is 7.21. The third-order valence-electron chi connectivity index (χ3n) is 4.20. The molecular weight excluding hydrogens is 284 g/mol. The topological polar surface area (TPSA) is 24.1 Å². The quantitative estimate of drug-likeness (QED) is 0.885. The van der Waals surface area contributed by atoms with E-state index in [2.05, 4.69) is 52.4 Å². The molecule has 2 aromatic rings. The fraction of sp³-hybridized carbons (Fsp3) is 0.375. The lowest BCUT2D eigenvalue weighted by Gasteiger charge is -2.22. The van der Waals surface area contributed by atoms with E-state index in [4.69, 9.17) is 0 Å². The van der Waals surface area contributed by atoms with Crippen LogP contribution < -0.4 is 10.6 Å². The Kier molecular flexibility index (Phi) is 3.46. The van der Waals surface area contributed by atoms with Gasteiger partial charge in [-0.25, -0.2) is 0 Å². The molecule has 2 N–H and O–H groups in total. The summed E-state index contributed by atoms with van der Waals surface area (Å²) < 4.78 is 1.35. The lowest BCUT2D eigenvalue weighted by Crippen LogP contribution is -2.33. The Hall–Kier alpha value is -0.970. The second kappa shape index (κ2) is 5.43. The van der Waals surface area contributed by atoms with Gasteiger partial charge in [-0.2, -0.15) is 0 Å². The number of rotatable bonds is 4. The summed E-state index contributed by atoms with van der Waals surface area (Å²) in [7, 11) is 0. The SMILES string of the molecule is c1cc(N[C@@H]2C[C@H]3CC[C@@H]2N3)cc(Sc2cccs2)c1. The molecule has 2 nitrogen and oxygen atoms in total. The minimum absolute atomic E-state index is 0.607. The predicted molar refractivity (Wildman–Crippen MR) is 86.9 cm³/mol. The highest BCUT2D eigenvalue weighted by Crippen LogP contribution is 2.34. The third-order valence-corrected chi connectivity index (χ3v) is 6.23. The van der Waals surface area contributed by atoms with Crippen molar-refractivity contribution in [1.29, 1.82) is 0 Å². The monoisotopic (exact) mass is 302 g/mol. The number of nitrogens with one attached hydrogen (secondary N) is 2. The van der Waals surface area contributed by atoms with Crippen molar-refractivity contribution in [1.82, 2.24) is 5.32 Å². The largest absolute Gasteiger partial charge is 0.381 e. The Morgan fingerprint density at radius 2 is 2.20 bits per heavy atom. The molecule has 2 bridgehead atoms. The van der Waals surface area contributed by atoms with Crippen molar-refractivity contribution in [3.63, 3.8) is 0 Å². The molecule has 104 valence electrons. The van der Waals surface area contributed by atoms with Crippen molar-refractivity contribution >= 4 is 28.8 Å². The Morgan fingerprint density at radius 1 is 1.20 bits per heavy atom. The first kappa shape index (κ1) is 12.7. The molecule has 2 saturated heterocycles. The van der Waals surface area contributed by atoms with Crippen LogP contribution in [-0.4, -0.2) is 18.1 Å². The maximum absolute atomic E-state index is 3.72. The van der Waals surface area contributed by atoms with Gasteiger partial charge in [0.15, 0.2) is 0 Å². The van der Waals surface area contributed by atoms with Gasteiger partial charge in [-0.05, 0) is 48.9 Å². The normalized spacial score (nSPS) is 27.9. The Morgan fingerprint density at radius 3 is 2.95 bits per heavy atom. The molecule has 2 fully saturated rings. The van der Waals surface area contributed by atoms with Crippen molar-refractivity contribution in [2.75, 3.05) is 5.32 Å². The van der Waals surface area contributed by atoms with Gasteiger partial charge in [0.1, 0.15) is 0 Å². The summed E-state index contributed by atoms with van der Waals surface area (Å²) in [6, 6.07) is 15.1. The Bertz CT molecular complexity index is 582. The van der Waals surface area contributed by atoms with E-state index in [9.17, 15) is 0 Å². The van der Waals surface area contributed by atoms with Crippen LogP contribution >= 0.6 is 23.1 Å². The molecule has 2 aliphatic rings. The van der Waals surface area contributed by atoms with Crippen molar-refractivity contribution in [3.8, 4) is 0 Å². The maximum atomic E-state index is 3.72. The highest BCUT2D eigenvalue weighted by Gasteiger charge is 2.38. The molecule has 3 atom stereocenters. The van der Waals surface area contributed by atoms with Crippen LogP contribution in [0.25, 0.3) is 0 Å². The molecule has 4 rings (SSSR count). The molecular formula is C16H18N2S2. The van der Waals surface area contributed by atoms with Gasteiger partial charge in [0.25, 0.3) is 0 Å². The van der Waals surface area contributed by atoms with Crippen molar-refractivity contribution in [2.24, 2.45) is 0 Å². The summed E-state index contributed by atoms with van der Waals surface area (Å²) in [6.07, 6.45) is 3.95. The second-order valence-corrected chi connectivity index (χ2v) is 7.92. The molecule has 0 spiro atoms. The Balaban J connectivity index is 1.46. The molecule has 2 aliphatic heterocycles. The zero-order valence-corrected chi connectivity index (χ0v) is 12.8. The third kappa shape index (κ3) is 2.60. The summed E-state index contributed by atoms with van der Waals surface area (Å²) >= 11 is 3.64. The lowest BCUT2D eigenvalue weighted by atomic mass is 9.95. The van der Waals surface area contributed by atoms with Crippen LogP contribution in [0.5, 0.6) is 0 Å². The fourth-order valence-electron chi connectivity index (χ4n) is 3.28. The van der Waals surface area contributed by atoms with Gasteiger partial charge in [-0.3, -0.25) is 0 Å². The van der Waals surface area contributed by atoms with Crippen molar-refractivity contribution < 1.29 is 0 Å². The van der Waals surface area contributed by atoms with Crippen LogP contribution in [0.3, 0.4) is 0 Å². The van der Waals surface area contributed by atoms with Gasteiger partial charge >= 0.3 is 0 Å². The molecule has 0 unspecified atom stereocenters. The summed E-state index contributed by atoms with van der Waals surface area (Å²) in [4.78, 5) is 1.31. The highest BCUT2D eigenvalue weighted by molar-refractivity contribution is 8.01. The minimum Gasteiger partial charge on any atom is -0.381 e. The smallest absolute Gasteiger partial charge is 0.0646 e. The first-order chi connectivity index (χ1) is 9.87. The number of hydrogen-bond donors (Lipinski definition) is 2. The second-order valence-electron chi connectivity index (χ2n) is 5.60. The van der Waals surface area contributed by atoms with Crippen LogP contribution in [0.2, 0.25) is 0 Å². The number of thiophene rings is 1. The number of anilines is 1. The first-order valence-corrected chi connectivity index (χ1v) is 8.90. The van der Waals surface area contributed by atoms with Crippen LogP contribution in [0.4, 0.5) is 5.69 Å². The van der Waals surface area contributed by atoms with Gasteiger partial charge in [0, 0.05) is 28.7 Å². The Labute approximate surface area is 128 Å². The van der Waals surface area contributed by atoms with Gasteiger partial charge in [0.2, 0.25) is 0 Å². The van der Waals surface area contributed by atoms with Gasteiger partial charge in [0.05, 0.1) is 4.21 Å². The van der Waals surface area contributed by atoms with E-state index in [1.807, 2.05) is 11.8 Å². The average Bonchev–Trinajstić information content (AvgIpc) is 3.16. The molecule has 4 heteroatoms. The van der Waals surface area contributed by atoms with E-state index < -0.39 is 0 Å². The van der Waals surface area contributed by atoms with E-state index in [1.165, 1.54) is 34.1 Å². The van der Waals surface area contributed by atoms with Crippen LogP contribution in [-0.2, 0) is 0 Å². The van der Waals surface area contributed by atoms with E-state index >= 15 is 0 Å². The number of fused-ring (bicyclic) bond motifs is 2. The van der Waals surface area contributed by atoms with E-state index in [-0.39, 0.29) is 0 Å². The fourth-order valence-corrected chi connectivity index (χ4v) is 5.09. The van der Waals surface area contributed by atoms with Crippen molar-refractivity contribution in [3.05, 3.63) is 41.8 Å². The average molecular weight is 302 g/mol. The lowest BCUT2D eigenvalue weighted by molar-refractivity contribution is 0.527. The number of hydrogen-bond acceptors (Lipinski definition) is 4. The molecule has 1 aromatic carbocycles. The van der Waals surface area contributed by atoms with E-state index in [0.717, 1.165) is 6.04 Å². The predicted octanol–water partition coefficient (Wildman–Crippen LogP) is 4.20.